The molecule has 0 heterocycles. The predicted molar refractivity (Wildman–Crippen MR) is 106 cm³/mol. The minimum absolute atomic E-state index is 0.238. The van der Waals surface area contributed by atoms with Gasteiger partial charge in [0.15, 0.2) is 5.60 Å². The second kappa shape index (κ2) is 8.39. The molecule has 0 radical (unpaired) electrons. The van der Waals surface area contributed by atoms with Crippen molar-refractivity contribution in [3.05, 3.63) is 59.3 Å². The van der Waals surface area contributed by atoms with Crippen LogP contribution in [0.2, 0.25) is 0 Å². The number of hydrogen-bond acceptors (Lipinski definition) is 4. The first-order valence-corrected chi connectivity index (χ1v) is 9.19. The SMILES string of the molecule is Cc1ccc(C(C)(C)CC(O)(CNC2=CC=CCC2/C=N\N)C(F)(F)F)cc1. The Labute approximate surface area is 164 Å². The third-order valence-electron chi connectivity index (χ3n) is 5.15. The normalized spacial score (nSPS) is 20.1. The number of halogens is 3. The number of nitrogens with zero attached hydrogens (tertiary/aromatic N) is 1. The number of aliphatic hydroxyl groups is 1. The van der Waals surface area contributed by atoms with Crippen molar-refractivity contribution in [2.24, 2.45) is 16.9 Å². The summed E-state index contributed by atoms with van der Waals surface area (Å²) in [4.78, 5) is 0. The predicted octanol–water partition coefficient (Wildman–Crippen LogP) is 3.95. The van der Waals surface area contributed by atoms with Crippen molar-refractivity contribution in [3.8, 4) is 0 Å². The van der Waals surface area contributed by atoms with Crippen molar-refractivity contribution >= 4 is 6.21 Å². The maximum absolute atomic E-state index is 13.8. The Morgan fingerprint density at radius 1 is 1.25 bits per heavy atom. The average Bonchev–Trinajstić information content (AvgIpc) is 2.60. The molecule has 28 heavy (non-hydrogen) atoms. The number of aryl methyl sites for hydroxylation is 1. The zero-order chi connectivity index (χ0) is 21.0. The summed E-state index contributed by atoms with van der Waals surface area (Å²) in [7, 11) is 0. The van der Waals surface area contributed by atoms with Crippen LogP contribution in [0.5, 0.6) is 0 Å². The third kappa shape index (κ3) is 5.16. The molecule has 1 aromatic carbocycles. The lowest BCUT2D eigenvalue weighted by molar-refractivity contribution is -0.264. The highest BCUT2D eigenvalue weighted by atomic mass is 19.4. The van der Waals surface area contributed by atoms with E-state index in [1.807, 2.05) is 37.3 Å². The Hall–Kier alpha value is -2.28. The summed E-state index contributed by atoms with van der Waals surface area (Å²) in [6.07, 6.45) is 2.12. The molecule has 7 heteroatoms. The Morgan fingerprint density at radius 2 is 1.89 bits per heavy atom. The van der Waals surface area contributed by atoms with E-state index in [-0.39, 0.29) is 5.92 Å². The van der Waals surface area contributed by atoms with Gasteiger partial charge in [0.25, 0.3) is 0 Å². The van der Waals surface area contributed by atoms with Gasteiger partial charge in [-0.2, -0.15) is 18.3 Å². The minimum Gasteiger partial charge on any atom is -0.385 e. The van der Waals surface area contributed by atoms with Crippen molar-refractivity contribution in [3.63, 3.8) is 0 Å². The summed E-state index contributed by atoms with van der Waals surface area (Å²) in [6.45, 7) is 4.68. The first kappa shape index (κ1) is 22.0. The highest BCUT2D eigenvalue weighted by Crippen LogP contribution is 2.41. The molecule has 1 aliphatic carbocycles. The monoisotopic (exact) mass is 395 g/mol. The second-order valence-electron chi connectivity index (χ2n) is 8.00. The third-order valence-corrected chi connectivity index (χ3v) is 5.15. The van der Waals surface area contributed by atoms with E-state index in [0.29, 0.717) is 12.1 Å². The fourth-order valence-corrected chi connectivity index (χ4v) is 3.43. The molecule has 0 bridgehead atoms. The summed E-state index contributed by atoms with van der Waals surface area (Å²) in [5.74, 6) is 4.95. The largest absolute Gasteiger partial charge is 0.418 e. The van der Waals surface area contributed by atoms with Crippen LogP contribution >= 0.6 is 0 Å². The van der Waals surface area contributed by atoms with Gasteiger partial charge >= 0.3 is 6.18 Å². The lowest BCUT2D eigenvalue weighted by Gasteiger charge is -2.39. The average molecular weight is 395 g/mol. The van der Waals surface area contributed by atoms with E-state index in [4.69, 9.17) is 5.84 Å². The van der Waals surface area contributed by atoms with Crippen LogP contribution < -0.4 is 11.2 Å². The van der Waals surface area contributed by atoms with Crippen molar-refractivity contribution in [1.29, 1.82) is 0 Å². The summed E-state index contributed by atoms with van der Waals surface area (Å²) in [5.41, 5.74) is -1.45. The number of benzene rings is 1. The summed E-state index contributed by atoms with van der Waals surface area (Å²) in [6, 6.07) is 7.33. The van der Waals surface area contributed by atoms with Gasteiger partial charge in [0.2, 0.25) is 0 Å². The number of rotatable bonds is 7. The highest BCUT2D eigenvalue weighted by Gasteiger charge is 2.55. The number of hydrazone groups is 1. The maximum Gasteiger partial charge on any atom is 0.418 e. The van der Waals surface area contributed by atoms with Crippen LogP contribution in [0.15, 0.2) is 53.3 Å². The second-order valence-corrected chi connectivity index (χ2v) is 8.00. The number of alkyl halides is 3. The van der Waals surface area contributed by atoms with Crippen LogP contribution in [0, 0.1) is 12.8 Å². The molecule has 4 nitrogen and oxygen atoms in total. The van der Waals surface area contributed by atoms with E-state index in [2.05, 4.69) is 10.4 Å². The Balaban J connectivity index is 2.23. The Kier molecular flexibility index (Phi) is 6.59. The molecule has 4 N–H and O–H groups in total. The van der Waals surface area contributed by atoms with Crippen LogP contribution in [0.1, 0.15) is 37.8 Å². The molecular weight excluding hydrogens is 367 g/mol. The molecule has 2 atom stereocenters. The quantitative estimate of drug-likeness (QED) is 0.372. The molecule has 0 saturated heterocycles. The van der Waals surface area contributed by atoms with Gasteiger partial charge in [-0.25, -0.2) is 0 Å². The lowest BCUT2D eigenvalue weighted by atomic mass is 9.74. The van der Waals surface area contributed by atoms with Crippen molar-refractivity contribution in [2.75, 3.05) is 6.54 Å². The van der Waals surface area contributed by atoms with Gasteiger partial charge in [-0.15, -0.1) is 0 Å². The first-order valence-electron chi connectivity index (χ1n) is 9.19. The van der Waals surface area contributed by atoms with E-state index < -0.39 is 30.2 Å². The van der Waals surface area contributed by atoms with Crippen LogP contribution in [-0.4, -0.2) is 29.6 Å². The maximum atomic E-state index is 13.8. The number of nitrogens with two attached hydrogens (primary N) is 1. The molecule has 0 saturated carbocycles. The van der Waals surface area contributed by atoms with E-state index in [0.717, 1.165) is 11.1 Å². The molecule has 0 spiro atoms. The molecule has 0 amide bonds. The van der Waals surface area contributed by atoms with Crippen molar-refractivity contribution in [2.45, 2.75) is 50.8 Å². The molecule has 1 aromatic rings. The van der Waals surface area contributed by atoms with E-state index >= 15 is 0 Å². The van der Waals surface area contributed by atoms with Gasteiger partial charge in [0.05, 0.1) is 6.54 Å². The smallest absolute Gasteiger partial charge is 0.385 e. The van der Waals surface area contributed by atoms with E-state index in [9.17, 15) is 18.3 Å². The zero-order valence-electron chi connectivity index (χ0n) is 16.4. The first-order chi connectivity index (χ1) is 13.0. The van der Waals surface area contributed by atoms with E-state index in [1.54, 1.807) is 26.0 Å². The molecule has 2 rings (SSSR count). The number of allylic oxidation sites excluding steroid dienone is 4. The van der Waals surface area contributed by atoms with E-state index in [1.165, 1.54) is 6.21 Å². The van der Waals surface area contributed by atoms with Crippen LogP contribution in [0.25, 0.3) is 0 Å². The standard InChI is InChI=1S/C21H28F3N3O/c1-15-8-10-17(11-9-15)19(2,3)13-20(28,21(22,23)24)14-26-18-7-5-4-6-16(18)12-27-25/h4-5,7-12,16,26,28H,6,13-14,25H2,1-3H3/b27-12-. The molecule has 0 aromatic heterocycles. The van der Waals surface area contributed by atoms with Gasteiger partial charge in [-0.3, -0.25) is 0 Å². The molecule has 1 aliphatic rings. The lowest BCUT2D eigenvalue weighted by Crippen LogP contribution is -2.55. The van der Waals surface area contributed by atoms with Crippen molar-refractivity contribution < 1.29 is 18.3 Å². The highest BCUT2D eigenvalue weighted by molar-refractivity contribution is 5.65. The summed E-state index contributed by atoms with van der Waals surface area (Å²) in [5, 5.41) is 16.9. The van der Waals surface area contributed by atoms with Gasteiger partial charge in [0.1, 0.15) is 0 Å². The summed E-state index contributed by atoms with van der Waals surface area (Å²) < 4.78 is 41.5. The molecule has 154 valence electrons. The van der Waals surface area contributed by atoms with Gasteiger partial charge in [-0.1, -0.05) is 55.8 Å². The van der Waals surface area contributed by atoms with Crippen LogP contribution in [0.3, 0.4) is 0 Å². The fourth-order valence-electron chi connectivity index (χ4n) is 3.43. The topological polar surface area (TPSA) is 70.6 Å². The minimum atomic E-state index is -4.79. The molecule has 0 aliphatic heterocycles. The van der Waals surface area contributed by atoms with Crippen LogP contribution in [0.4, 0.5) is 13.2 Å². The van der Waals surface area contributed by atoms with Gasteiger partial charge in [-0.05, 0) is 36.8 Å². The van der Waals surface area contributed by atoms with Crippen LogP contribution in [-0.2, 0) is 5.41 Å². The fraction of sp³-hybridized carbons (Fsp3) is 0.476. The number of hydrogen-bond donors (Lipinski definition) is 3. The molecular formula is C21H28F3N3O. The van der Waals surface area contributed by atoms with Crippen molar-refractivity contribution in [1.82, 2.24) is 5.32 Å². The number of nitrogens with one attached hydrogen (secondary N) is 1. The Bertz CT molecular complexity index is 751. The Morgan fingerprint density at radius 3 is 2.46 bits per heavy atom. The summed E-state index contributed by atoms with van der Waals surface area (Å²) >= 11 is 0. The zero-order valence-corrected chi connectivity index (χ0v) is 16.4. The van der Waals surface area contributed by atoms with Gasteiger partial charge in [0, 0.05) is 17.8 Å². The molecule has 2 unspecified atom stereocenters. The molecule has 0 fully saturated rings. The van der Waals surface area contributed by atoms with Gasteiger partial charge < -0.3 is 16.3 Å².